The van der Waals surface area contributed by atoms with Gasteiger partial charge in [-0.05, 0) is 42.2 Å². The Labute approximate surface area is 165 Å². The number of nitrogens with one attached hydrogen (secondary N) is 1. The Balaban J connectivity index is 1.58. The predicted molar refractivity (Wildman–Crippen MR) is 108 cm³/mol. The standard InChI is InChI=1S/C23H24N2O3/c26-16-15-24-22(27)20-11-8-18(9-12-20)10-13-21-7-4-14-25-23(21)28-17-19-5-2-1-3-6-19/h1-9,11-12,14,26H,10,13,15-17H2,(H,24,27). The fourth-order valence-corrected chi connectivity index (χ4v) is 2.84. The molecule has 1 heterocycles. The van der Waals surface area contributed by atoms with E-state index in [0.717, 1.165) is 29.5 Å². The molecule has 0 aliphatic heterocycles. The molecule has 0 radical (unpaired) electrons. The van der Waals surface area contributed by atoms with Gasteiger partial charge in [0.15, 0.2) is 0 Å². The minimum Gasteiger partial charge on any atom is -0.473 e. The van der Waals surface area contributed by atoms with E-state index in [0.29, 0.717) is 18.1 Å². The van der Waals surface area contributed by atoms with Crippen LogP contribution in [0, 0.1) is 0 Å². The van der Waals surface area contributed by atoms with Crippen LogP contribution >= 0.6 is 0 Å². The second-order valence-corrected chi connectivity index (χ2v) is 6.42. The number of amides is 1. The van der Waals surface area contributed by atoms with Gasteiger partial charge in [-0.25, -0.2) is 4.98 Å². The van der Waals surface area contributed by atoms with Crippen molar-refractivity contribution < 1.29 is 14.6 Å². The summed E-state index contributed by atoms with van der Waals surface area (Å²) in [5, 5.41) is 11.4. The van der Waals surface area contributed by atoms with Crippen LogP contribution in [-0.2, 0) is 19.4 Å². The fraction of sp³-hybridized carbons (Fsp3) is 0.217. The maximum Gasteiger partial charge on any atom is 0.251 e. The number of aromatic nitrogens is 1. The number of aryl methyl sites for hydroxylation is 2. The van der Waals surface area contributed by atoms with Crippen molar-refractivity contribution in [2.75, 3.05) is 13.2 Å². The number of aliphatic hydroxyl groups is 1. The molecule has 3 aromatic rings. The average molecular weight is 376 g/mol. The van der Waals surface area contributed by atoms with E-state index in [9.17, 15) is 4.79 Å². The quantitative estimate of drug-likeness (QED) is 0.602. The van der Waals surface area contributed by atoms with Gasteiger partial charge in [0, 0.05) is 23.9 Å². The number of pyridine rings is 1. The topological polar surface area (TPSA) is 71.5 Å². The zero-order valence-electron chi connectivity index (χ0n) is 15.7. The summed E-state index contributed by atoms with van der Waals surface area (Å²) in [7, 11) is 0. The van der Waals surface area contributed by atoms with Crippen LogP contribution in [0.3, 0.4) is 0 Å². The first kappa shape index (κ1) is 19.6. The Kier molecular flexibility index (Phi) is 7.15. The van der Waals surface area contributed by atoms with Gasteiger partial charge in [-0.1, -0.05) is 48.5 Å². The number of carbonyl (C=O) groups excluding carboxylic acids is 1. The van der Waals surface area contributed by atoms with Crippen LogP contribution in [0.2, 0.25) is 0 Å². The van der Waals surface area contributed by atoms with Gasteiger partial charge in [-0.3, -0.25) is 4.79 Å². The highest BCUT2D eigenvalue weighted by Gasteiger charge is 2.07. The van der Waals surface area contributed by atoms with Crippen molar-refractivity contribution >= 4 is 5.91 Å². The lowest BCUT2D eigenvalue weighted by atomic mass is 10.0. The molecule has 2 N–H and O–H groups in total. The van der Waals surface area contributed by atoms with Gasteiger partial charge in [-0.15, -0.1) is 0 Å². The number of carbonyl (C=O) groups is 1. The second-order valence-electron chi connectivity index (χ2n) is 6.42. The van der Waals surface area contributed by atoms with Crippen LogP contribution in [0.25, 0.3) is 0 Å². The van der Waals surface area contributed by atoms with E-state index in [1.165, 1.54) is 0 Å². The van der Waals surface area contributed by atoms with E-state index in [2.05, 4.69) is 10.3 Å². The zero-order valence-corrected chi connectivity index (χ0v) is 15.7. The van der Waals surface area contributed by atoms with Gasteiger partial charge in [0.1, 0.15) is 6.61 Å². The summed E-state index contributed by atoms with van der Waals surface area (Å²) >= 11 is 0. The smallest absolute Gasteiger partial charge is 0.251 e. The molecule has 5 heteroatoms. The number of benzene rings is 2. The number of nitrogens with zero attached hydrogens (tertiary/aromatic N) is 1. The van der Waals surface area contributed by atoms with Gasteiger partial charge < -0.3 is 15.2 Å². The van der Waals surface area contributed by atoms with Crippen LogP contribution in [0.15, 0.2) is 72.9 Å². The largest absolute Gasteiger partial charge is 0.473 e. The van der Waals surface area contributed by atoms with E-state index in [1.807, 2.05) is 54.6 Å². The molecular weight excluding hydrogens is 352 g/mol. The summed E-state index contributed by atoms with van der Waals surface area (Å²) in [5.41, 5.74) is 3.89. The van der Waals surface area contributed by atoms with Crippen LogP contribution in [0.1, 0.15) is 27.0 Å². The minimum absolute atomic E-state index is 0.0659. The molecule has 0 saturated heterocycles. The van der Waals surface area contributed by atoms with Crippen molar-refractivity contribution in [1.29, 1.82) is 0 Å². The van der Waals surface area contributed by atoms with E-state index in [4.69, 9.17) is 9.84 Å². The first-order chi connectivity index (χ1) is 13.8. The molecule has 0 atom stereocenters. The van der Waals surface area contributed by atoms with Crippen LogP contribution in [0.4, 0.5) is 0 Å². The van der Waals surface area contributed by atoms with Crippen molar-refractivity contribution in [1.82, 2.24) is 10.3 Å². The molecular formula is C23H24N2O3. The highest BCUT2D eigenvalue weighted by molar-refractivity contribution is 5.94. The molecule has 0 aliphatic carbocycles. The van der Waals surface area contributed by atoms with E-state index in [1.54, 1.807) is 18.3 Å². The third-order valence-electron chi connectivity index (χ3n) is 4.36. The van der Waals surface area contributed by atoms with Gasteiger partial charge in [0.05, 0.1) is 6.61 Å². The Bertz CT molecular complexity index is 880. The molecule has 0 saturated carbocycles. The van der Waals surface area contributed by atoms with Crippen LogP contribution in [-0.4, -0.2) is 29.1 Å². The third-order valence-corrected chi connectivity index (χ3v) is 4.36. The van der Waals surface area contributed by atoms with Crippen molar-refractivity contribution in [3.05, 3.63) is 95.2 Å². The molecule has 28 heavy (non-hydrogen) atoms. The minimum atomic E-state index is -0.176. The average Bonchev–Trinajstić information content (AvgIpc) is 2.76. The summed E-state index contributed by atoms with van der Waals surface area (Å²) in [6.07, 6.45) is 3.36. The number of aliphatic hydroxyl groups excluding tert-OH is 1. The monoisotopic (exact) mass is 376 g/mol. The molecule has 5 nitrogen and oxygen atoms in total. The van der Waals surface area contributed by atoms with Gasteiger partial charge in [0.2, 0.25) is 5.88 Å². The summed E-state index contributed by atoms with van der Waals surface area (Å²) in [5.74, 6) is 0.482. The predicted octanol–water partition coefficient (Wildman–Crippen LogP) is 3.17. The maximum atomic E-state index is 11.9. The van der Waals surface area contributed by atoms with Gasteiger partial charge in [-0.2, -0.15) is 0 Å². The Hall–Kier alpha value is -3.18. The molecule has 3 rings (SSSR count). The van der Waals surface area contributed by atoms with E-state index < -0.39 is 0 Å². The summed E-state index contributed by atoms with van der Waals surface area (Å²) < 4.78 is 5.92. The van der Waals surface area contributed by atoms with Gasteiger partial charge in [0.25, 0.3) is 5.91 Å². The molecule has 0 fully saturated rings. The molecule has 0 aliphatic rings. The molecule has 1 amide bonds. The third kappa shape index (κ3) is 5.66. The van der Waals surface area contributed by atoms with Crippen molar-refractivity contribution in [3.8, 4) is 5.88 Å². The summed E-state index contributed by atoms with van der Waals surface area (Å²) in [6, 6.07) is 21.5. The normalized spacial score (nSPS) is 10.5. The van der Waals surface area contributed by atoms with Crippen molar-refractivity contribution in [2.24, 2.45) is 0 Å². The molecule has 1 aromatic heterocycles. The molecule has 0 unspecified atom stereocenters. The molecule has 2 aromatic carbocycles. The highest BCUT2D eigenvalue weighted by atomic mass is 16.5. The Morgan fingerprint density at radius 3 is 2.46 bits per heavy atom. The van der Waals surface area contributed by atoms with E-state index >= 15 is 0 Å². The van der Waals surface area contributed by atoms with E-state index in [-0.39, 0.29) is 19.1 Å². The zero-order chi connectivity index (χ0) is 19.6. The Morgan fingerprint density at radius 1 is 0.929 bits per heavy atom. The van der Waals surface area contributed by atoms with Crippen molar-refractivity contribution in [3.63, 3.8) is 0 Å². The second kappa shape index (κ2) is 10.2. The molecule has 0 bridgehead atoms. The van der Waals surface area contributed by atoms with Crippen molar-refractivity contribution in [2.45, 2.75) is 19.4 Å². The Morgan fingerprint density at radius 2 is 1.71 bits per heavy atom. The lowest BCUT2D eigenvalue weighted by Gasteiger charge is -2.10. The van der Waals surface area contributed by atoms with Gasteiger partial charge >= 0.3 is 0 Å². The number of hydrogen-bond acceptors (Lipinski definition) is 4. The number of ether oxygens (including phenoxy) is 1. The van der Waals surface area contributed by atoms with Crippen LogP contribution < -0.4 is 10.1 Å². The first-order valence-electron chi connectivity index (χ1n) is 9.35. The summed E-state index contributed by atoms with van der Waals surface area (Å²) in [6.45, 7) is 0.680. The molecule has 144 valence electrons. The fourth-order valence-electron chi connectivity index (χ4n) is 2.84. The summed E-state index contributed by atoms with van der Waals surface area (Å²) in [4.78, 5) is 16.3. The van der Waals surface area contributed by atoms with Crippen LogP contribution in [0.5, 0.6) is 5.88 Å². The highest BCUT2D eigenvalue weighted by Crippen LogP contribution is 2.19. The maximum absolute atomic E-state index is 11.9. The first-order valence-corrected chi connectivity index (χ1v) is 9.35. The number of rotatable bonds is 9. The molecule has 0 spiro atoms. The lowest BCUT2D eigenvalue weighted by Crippen LogP contribution is -2.26. The number of hydrogen-bond donors (Lipinski definition) is 2. The SMILES string of the molecule is O=C(NCCO)c1ccc(CCc2cccnc2OCc2ccccc2)cc1. The lowest BCUT2D eigenvalue weighted by molar-refractivity contribution is 0.0945.